The van der Waals surface area contributed by atoms with Gasteiger partial charge in [0.2, 0.25) is 11.0 Å². The Bertz CT molecular complexity index is 824. The Labute approximate surface area is 130 Å². The smallest absolute Gasteiger partial charge is 0.246 e. The molecule has 114 valence electrons. The lowest BCUT2D eigenvalue weighted by Gasteiger charge is -2.05. The minimum absolute atomic E-state index is 0.145. The van der Waals surface area contributed by atoms with Gasteiger partial charge in [-0.05, 0) is 24.3 Å². The van der Waals surface area contributed by atoms with Crippen LogP contribution in [-0.4, -0.2) is 20.7 Å². The number of rotatable bonds is 4. The molecule has 0 bridgehead atoms. The van der Waals surface area contributed by atoms with E-state index >= 15 is 0 Å². The van der Waals surface area contributed by atoms with Gasteiger partial charge in [0.25, 0.3) is 0 Å². The van der Waals surface area contributed by atoms with Crippen molar-refractivity contribution in [3.63, 3.8) is 0 Å². The van der Waals surface area contributed by atoms with E-state index in [-0.39, 0.29) is 24.2 Å². The van der Waals surface area contributed by atoms with Gasteiger partial charge >= 0.3 is 0 Å². The first-order chi connectivity index (χ1) is 10.5. The van der Waals surface area contributed by atoms with Crippen LogP contribution in [0.25, 0.3) is 10.9 Å². The van der Waals surface area contributed by atoms with Gasteiger partial charge in [-0.25, -0.2) is 4.39 Å². The SMILES string of the molecule is CC(C)c1nnc(NC(=O)Cn2ccc3cc(F)ccc32)s1. The highest BCUT2D eigenvalue weighted by molar-refractivity contribution is 7.15. The lowest BCUT2D eigenvalue weighted by molar-refractivity contribution is -0.116. The molecule has 22 heavy (non-hydrogen) atoms. The van der Waals surface area contributed by atoms with Crippen molar-refractivity contribution in [2.24, 2.45) is 0 Å². The molecule has 3 rings (SSSR count). The maximum atomic E-state index is 13.2. The fourth-order valence-electron chi connectivity index (χ4n) is 2.14. The first kappa shape index (κ1) is 14.6. The summed E-state index contributed by atoms with van der Waals surface area (Å²) in [4.78, 5) is 12.1. The summed E-state index contributed by atoms with van der Waals surface area (Å²) < 4.78 is 14.9. The lowest BCUT2D eigenvalue weighted by atomic mass is 10.2. The molecule has 1 N–H and O–H groups in total. The van der Waals surface area contributed by atoms with Gasteiger partial charge in [0.1, 0.15) is 17.4 Å². The van der Waals surface area contributed by atoms with Crippen molar-refractivity contribution in [3.8, 4) is 0 Å². The zero-order valence-electron chi connectivity index (χ0n) is 12.2. The van der Waals surface area contributed by atoms with Crippen LogP contribution in [0.3, 0.4) is 0 Å². The molecule has 7 heteroatoms. The number of anilines is 1. The van der Waals surface area contributed by atoms with E-state index in [1.165, 1.54) is 23.5 Å². The Morgan fingerprint density at radius 3 is 2.91 bits per heavy atom. The molecule has 1 amide bonds. The number of hydrogen-bond donors (Lipinski definition) is 1. The van der Waals surface area contributed by atoms with Crippen molar-refractivity contribution in [3.05, 3.63) is 41.3 Å². The number of aromatic nitrogens is 3. The van der Waals surface area contributed by atoms with E-state index < -0.39 is 0 Å². The Balaban J connectivity index is 1.72. The molecular weight excluding hydrogens is 303 g/mol. The maximum absolute atomic E-state index is 13.2. The molecule has 0 radical (unpaired) electrons. The second kappa shape index (κ2) is 5.84. The van der Waals surface area contributed by atoms with Gasteiger partial charge in [0.15, 0.2) is 0 Å². The van der Waals surface area contributed by atoms with E-state index in [0.29, 0.717) is 5.13 Å². The molecule has 0 aliphatic carbocycles. The Morgan fingerprint density at radius 1 is 1.36 bits per heavy atom. The molecule has 0 aliphatic heterocycles. The third-order valence-corrected chi connectivity index (χ3v) is 4.37. The minimum atomic E-state index is -0.287. The van der Waals surface area contributed by atoms with E-state index in [1.807, 2.05) is 13.8 Å². The summed E-state index contributed by atoms with van der Waals surface area (Å²) in [5.74, 6) is -0.190. The van der Waals surface area contributed by atoms with Crippen LogP contribution < -0.4 is 5.32 Å². The minimum Gasteiger partial charge on any atom is -0.338 e. The topological polar surface area (TPSA) is 59.8 Å². The first-order valence-electron chi connectivity index (χ1n) is 6.90. The number of nitrogens with zero attached hydrogens (tertiary/aromatic N) is 3. The second-order valence-corrected chi connectivity index (χ2v) is 6.30. The standard InChI is InChI=1S/C15H15FN4OS/c1-9(2)14-18-19-15(22-14)17-13(21)8-20-6-5-10-7-11(16)3-4-12(10)20/h3-7,9H,8H2,1-2H3,(H,17,19,21). The lowest BCUT2D eigenvalue weighted by Crippen LogP contribution is -2.18. The summed E-state index contributed by atoms with van der Waals surface area (Å²) >= 11 is 1.37. The van der Waals surface area contributed by atoms with Crippen molar-refractivity contribution in [1.82, 2.24) is 14.8 Å². The number of benzene rings is 1. The Kier molecular flexibility index (Phi) is 3.89. The van der Waals surface area contributed by atoms with Crippen LogP contribution in [0.2, 0.25) is 0 Å². The summed E-state index contributed by atoms with van der Waals surface area (Å²) in [5, 5.41) is 12.9. The van der Waals surface area contributed by atoms with Crippen LogP contribution in [0.5, 0.6) is 0 Å². The molecule has 0 fully saturated rings. The summed E-state index contributed by atoms with van der Waals surface area (Å²) in [6.45, 7) is 4.19. The summed E-state index contributed by atoms with van der Waals surface area (Å²) in [6, 6.07) is 6.28. The Hall–Kier alpha value is -2.28. The second-order valence-electron chi connectivity index (χ2n) is 5.30. The molecular formula is C15H15FN4OS. The average Bonchev–Trinajstić information content (AvgIpc) is 3.06. The third-order valence-electron chi connectivity index (χ3n) is 3.23. The highest BCUT2D eigenvalue weighted by Crippen LogP contribution is 2.22. The number of carbonyl (C=O) groups is 1. The average molecular weight is 318 g/mol. The number of halogens is 1. The van der Waals surface area contributed by atoms with Gasteiger partial charge < -0.3 is 4.57 Å². The van der Waals surface area contributed by atoms with E-state index in [9.17, 15) is 9.18 Å². The van der Waals surface area contributed by atoms with Crippen LogP contribution in [0, 0.1) is 5.82 Å². The van der Waals surface area contributed by atoms with Crippen molar-refractivity contribution < 1.29 is 9.18 Å². The van der Waals surface area contributed by atoms with Gasteiger partial charge in [0.05, 0.1) is 0 Å². The number of nitrogens with one attached hydrogen (secondary N) is 1. The highest BCUT2D eigenvalue weighted by atomic mass is 32.1. The van der Waals surface area contributed by atoms with Crippen LogP contribution in [0.15, 0.2) is 30.5 Å². The number of amides is 1. The quantitative estimate of drug-likeness (QED) is 0.802. The third kappa shape index (κ3) is 2.99. The number of hydrogen-bond acceptors (Lipinski definition) is 4. The van der Waals surface area contributed by atoms with Crippen molar-refractivity contribution in [2.45, 2.75) is 26.3 Å². The van der Waals surface area contributed by atoms with Crippen LogP contribution in [0.1, 0.15) is 24.8 Å². The van der Waals surface area contributed by atoms with Gasteiger partial charge in [-0.3, -0.25) is 10.1 Å². The van der Waals surface area contributed by atoms with Gasteiger partial charge in [0, 0.05) is 23.0 Å². The molecule has 0 aliphatic rings. The number of fused-ring (bicyclic) bond motifs is 1. The molecule has 3 aromatic rings. The highest BCUT2D eigenvalue weighted by Gasteiger charge is 2.12. The van der Waals surface area contributed by atoms with Gasteiger partial charge in [-0.1, -0.05) is 25.2 Å². The summed E-state index contributed by atoms with van der Waals surface area (Å²) in [7, 11) is 0. The summed E-state index contributed by atoms with van der Waals surface area (Å²) in [5.41, 5.74) is 0.816. The van der Waals surface area contributed by atoms with E-state index in [4.69, 9.17) is 0 Å². The fourth-order valence-corrected chi connectivity index (χ4v) is 2.90. The normalized spacial score (nSPS) is 11.3. The van der Waals surface area contributed by atoms with E-state index in [1.54, 1.807) is 22.9 Å². The van der Waals surface area contributed by atoms with Crippen LogP contribution >= 0.6 is 11.3 Å². The predicted octanol–water partition coefficient (Wildman–Crippen LogP) is 3.39. The largest absolute Gasteiger partial charge is 0.338 e. The molecule has 0 unspecified atom stereocenters. The fraction of sp³-hybridized carbons (Fsp3) is 0.267. The molecule has 2 heterocycles. The molecule has 5 nitrogen and oxygen atoms in total. The maximum Gasteiger partial charge on any atom is 0.246 e. The summed E-state index contributed by atoms with van der Waals surface area (Å²) in [6.07, 6.45) is 1.77. The van der Waals surface area contributed by atoms with Crippen molar-refractivity contribution in [2.75, 3.05) is 5.32 Å². The molecule has 2 aromatic heterocycles. The zero-order valence-corrected chi connectivity index (χ0v) is 13.0. The molecule has 0 saturated heterocycles. The number of carbonyl (C=O) groups excluding carboxylic acids is 1. The van der Waals surface area contributed by atoms with Gasteiger partial charge in [-0.15, -0.1) is 10.2 Å². The molecule has 0 atom stereocenters. The van der Waals surface area contributed by atoms with Crippen molar-refractivity contribution >= 4 is 33.3 Å². The first-order valence-corrected chi connectivity index (χ1v) is 7.72. The van der Waals surface area contributed by atoms with Crippen molar-refractivity contribution in [1.29, 1.82) is 0 Å². The van der Waals surface area contributed by atoms with E-state index in [0.717, 1.165) is 15.9 Å². The van der Waals surface area contributed by atoms with Crippen LogP contribution in [-0.2, 0) is 11.3 Å². The van der Waals surface area contributed by atoms with E-state index in [2.05, 4.69) is 15.5 Å². The zero-order chi connectivity index (χ0) is 15.7. The van der Waals surface area contributed by atoms with Crippen LogP contribution in [0.4, 0.5) is 9.52 Å². The Morgan fingerprint density at radius 2 is 2.18 bits per heavy atom. The molecule has 1 aromatic carbocycles. The predicted molar refractivity (Wildman–Crippen MR) is 84.5 cm³/mol. The molecule has 0 spiro atoms. The molecule has 0 saturated carbocycles. The van der Waals surface area contributed by atoms with Gasteiger partial charge in [-0.2, -0.15) is 0 Å². The monoisotopic (exact) mass is 318 g/mol.